The summed E-state index contributed by atoms with van der Waals surface area (Å²) in [4.78, 5) is 39.5. The highest BCUT2D eigenvalue weighted by Crippen LogP contribution is 2.29. The number of hydrogen-bond acceptors (Lipinski definition) is 5. The summed E-state index contributed by atoms with van der Waals surface area (Å²) < 4.78 is 10.5. The summed E-state index contributed by atoms with van der Waals surface area (Å²) in [6.45, 7) is 6.61. The Kier molecular flexibility index (Phi) is 10.5. The molecule has 2 aliphatic heterocycles. The quantitative estimate of drug-likeness (QED) is 0.768. The maximum Gasteiger partial charge on any atom is 0.255 e. The Morgan fingerprint density at radius 2 is 2.00 bits per heavy atom. The van der Waals surface area contributed by atoms with Crippen molar-refractivity contribution in [3.63, 3.8) is 0 Å². The molecule has 3 heterocycles. The van der Waals surface area contributed by atoms with E-state index in [1.807, 2.05) is 20.8 Å². The molecule has 7 nitrogen and oxygen atoms in total. The lowest BCUT2D eigenvalue weighted by Gasteiger charge is -2.38. The highest BCUT2D eigenvalue weighted by molar-refractivity contribution is 7.59. The molecule has 0 unspecified atom stereocenters. The molecule has 2 fully saturated rings. The standard InChI is InChI=1S/C19H26N2O5.CH4.2H2S/c1-19(2,3)9-13(20-17(23)12-6-8-25-10-12)18(24)21-7-4-5-15-16(21)14(22)11-26-15;;;/h6,8,10,13,15-16H,4-5,7,9,11H2,1-3H3,(H,20,23);1H4;2*1H2/t13-,15+,16+;;;/m0.../s1. The van der Waals surface area contributed by atoms with E-state index in [1.54, 1.807) is 11.0 Å². The van der Waals surface area contributed by atoms with Crippen molar-refractivity contribution in [1.82, 2.24) is 10.2 Å². The number of fused-ring (bicyclic) bond motifs is 1. The number of nitrogens with zero attached hydrogens (tertiary/aromatic N) is 1. The van der Waals surface area contributed by atoms with E-state index in [2.05, 4.69) is 5.32 Å². The zero-order chi connectivity index (χ0) is 18.9. The summed E-state index contributed by atoms with van der Waals surface area (Å²) in [6, 6.07) is 0.327. The summed E-state index contributed by atoms with van der Waals surface area (Å²) in [6.07, 6.45) is 4.58. The van der Waals surface area contributed by atoms with Crippen LogP contribution in [0.4, 0.5) is 0 Å². The van der Waals surface area contributed by atoms with Gasteiger partial charge in [-0.25, -0.2) is 0 Å². The van der Waals surface area contributed by atoms with Gasteiger partial charge in [-0.2, -0.15) is 27.0 Å². The van der Waals surface area contributed by atoms with Gasteiger partial charge in [-0.3, -0.25) is 14.4 Å². The van der Waals surface area contributed by atoms with Gasteiger partial charge < -0.3 is 19.4 Å². The first kappa shape index (κ1) is 27.5. The molecule has 1 aromatic rings. The summed E-state index contributed by atoms with van der Waals surface area (Å²) in [5.74, 6) is -0.632. The average Bonchev–Trinajstić information content (AvgIpc) is 3.22. The van der Waals surface area contributed by atoms with E-state index < -0.39 is 12.1 Å². The van der Waals surface area contributed by atoms with Gasteiger partial charge >= 0.3 is 0 Å². The molecule has 2 amide bonds. The summed E-state index contributed by atoms with van der Waals surface area (Å²) in [5.41, 5.74) is 0.198. The number of Topliss-reactive ketones (excluding diaryl/α,β-unsaturated/α-hetero) is 1. The monoisotopic (exact) mass is 446 g/mol. The van der Waals surface area contributed by atoms with Gasteiger partial charge in [-0.1, -0.05) is 28.2 Å². The van der Waals surface area contributed by atoms with E-state index in [-0.39, 0.29) is 70.1 Å². The number of hydrogen-bond donors (Lipinski definition) is 1. The van der Waals surface area contributed by atoms with E-state index in [9.17, 15) is 14.4 Å². The maximum absolute atomic E-state index is 13.2. The highest BCUT2D eigenvalue weighted by atomic mass is 32.1. The van der Waals surface area contributed by atoms with Crippen molar-refractivity contribution >= 4 is 44.6 Å². The second-order valence-electron chi connectivity index (χ2n) is 8.24. The van der Waals surface area contributed by atoms with Gasteiger partial charge in [0.05, 0.1) is 17.9 Å². The van der Waals surface area contributed by atoms with Gasteiger partial charge in [0, 0.05) is 6.54 Å². The molecule has 0 spiro atoms. The molecule has 9 heteroatoms. The average molecular weight is 447 g/mol. The third kappa shape index (κ3) is 6.52. The molecule has 3 rings (SSSR count). The van der Waals surface area contributed by atoms with Crippen LogP contribution in [0.1, 0.15) is 57.8 Å². The molecule has 0 bridgehead atoms. The van der Waals surface area contributed by atoms with Gasteiger partial charge in [0.1, 0.15) is 25.0 Å². The van der Waals surface area contributed by atoms with Crippen LogP contribution in [0.5, 0.6) is 0 Å². The second kappa shape index (κ2) is 11.1. The van der Waals surface area contributed by atoms with Gasteiger partial charge in [-0.05, 0) is 30.7 Å². The number of carbonyl (C=O) groups excluding carboxylic acids is 3. The minimum atomic E-state index is -0.704. The molecule has 0 aliphatic carbocycles. The number of carbonyl (C=O) groups is 3. The Balaban J connectivity index is 0.00000261. The normalized spacial score (nSPS) is 21.8. The van der Waals surface area contributed by atoms with Crippen molar-refractivity contribution in [2.24, 2.45) is 5.41 Å². The number of rotatable bonds is 4. The third-order valence-electron chi connectivity index (χ3n) is 4.83. The Labute approximate surface area is 186 Å². The molecule has 0 aromatic carbocycles. The number of likely N-dealkylation sites (tertiary alicyclic amines) is 1. The fraction of sp³-hybridized carbons (Fsp3) is 0.650. The van der Waals surface area contributed by atoms with Crippen molar-refractivity contribution < 1.29 is 23.5 Å². The highest BCUT2D eigenvalue weighted by Gasteiger charge is 2.46. The van der Waals surface area contributed by atoms with Gasteiger partial charge in [-0.15, -0.1) is 0 Å². The minimum Gasteiger partial charge on any atom is -0.472 e. The molecule has 1 N–H and O–H groups in total. The van der Waals surface area contributed by atoms with E-state index in [0.29, 0.717) is 18.5 Å². The lowest BCUT2D eigenvalue weighted by molar-refractivity contribution is -0.143. The molecule has 0 saturated carbocycles. The first-order chi connectivity index (χ1) is 12.3. The zero-order valence-corrected chi connectivity index (χ0v) is 18.5. The predicted octanol–water partition coefficient (Wildman–Crippen LogP) is 2.63. The van der Waals surface area contributed by atoms with Crippen molar-refractivity contribution in [2.75, 3.05) is 13.2 Å². The Morgan fingerprint density at radius 1 is 1.31 bits per heavy atom. The first-order valence-electron chi connectivity index (χ1n) is 9.04. The molecule has 166 valence electrons. The largest absolute Gasteiger partial charge is 0.472 e. The van der Waals surface area contributed by atoms with E-state index in [0.717, 1.165) is 12.8 Å². The van der Waals surface area contributed by atoms with Crippen LogP contribution in [0.3, 0.4) is 0 Å². The van der Waals surface area contributed by atoms with Crippen molar-refractivity contribution in [2.45, 2.75) is 65.6 Å². The summed E-state index contributed by atoms with van der Waals surface area (Å²) in [7, 11) is 0. The van der Waals surface area contributed by atoms with Crippen molar-refractivity contribution in [3.8, 4) is 0 Å². The number of amides is 2. The summed E-state index contributed by atoms with van der Waals surface area (Å²) >= 11 is 0. The third-order valence-corrected chi connectivity index (χ3v) is 4.83. The predicted molar refractivity (Wildman–Crippen MR) is 121 cm³/mol. The molecule has 3 atom stereocenters. The molecule has 29 heavy (non-hydrogen) atoms. The van der Waals surface area contributed by atoms with Crippen LogP contribution in [0.15, 0.2) is 23.0 Å². The number of ether oxygens (including phenoxy) is 1. The fourth-order valence-electron chi connectivity index (χ4n) is 3.69. The molecule has 1 aromatic heterocycles. The SMILES string of the molecule is C.CC(C)(C)C[C@H](NC(=O)c1ccoc1)C(=O)N1CCC[C@H]2OCC(=O)[C@H]21.S.S. The number of ketones is 1. The maximum atomic E-state index is 13.2. The van der Waals surface area contributed by atoms with Gasteiger partial charge in [0.25, 0.3) is 5.91 Å². The van der Waals surface area contributed by atoms with Crippen LogP contribution in [0, 0.1) is 5.41 Å². The Morgan fingerprint density at radius 3 is 2.59 bits per heavy atom. The second-order valence-corrected chi connectivity index (χ2v) is 8.24. The van der Waals surface area contributed by atoms with E-state index in [4.69, 9.17) is 9.15 Å². The molecule has 0 radical (unpaired) electrons. The first-order valence-corrected chi connectivity index (χ1v) is 9.04. The van der Waals surface area contributed by atoms with Gasteiger partial charge in [0.2, 0.25) is 5.91 Å². The lowest BCUT2D eigenvalue weighted by Crippen LogP contribution is -2.58. The molecule has 2 saturated heterocycles. The molecular weight excluding hydrogens is 412 g/mol. The van der Waals surface area contributed by atoms with Crippen molar-refractivity contribution in [1.29, 1.82) is 0 Å². The van der Waals surface area contributed by atoms with Crippen molar-refractivity contribution in [3.05, 3.63) is 24.2 Å². The van der Waals surface area contributed by atoms with Crippen LogP contribution in [0.25, 0.3) is 0 Å². The smallest absolute Gasteiger partial charge is 0.255 e. The van der Waals surface area contributed by atoms with Crippen LogP contribution in [-0.4, -0.2) is 53.8 Å². The number of furan rings is 1. The van der Waals surface area contributed by atoms with E-state index in [1.165, 1.54) is 12.5 Å². The fourth-order valence-corrected chi connectivity index (χ4v) is 3.69. The topological polar surface area (TPSA) is 88.8 Å². The Hall–Kier alpha value is -1.45. The zero-order valence-electron chi connectivity index (χ0n) is 16.5. The Bertz CT molecular complexity index is 688. The van der Waals surface area contributed by atoms with Crippen LogP contribution in [0.2, 0.25) is 0 Å². The number of piperidine rings is 1. The molecule has 2 aliphatic rings. The minimum absolute atomic E-state index is 0. The molecular formula is C20H34N2O5S2. The number of nitrogens with one attached hydrogen (secondary N) is 1. The van der Waals surface area contributed by atoms with Crippen LogP contribution < -0.4 is 5.32 Å². The van der Waals surface area contributed by atoms with Crippen LogP contribution >= 0.6 is 27.0 Å². The van der Waals surface area contributed by atoms with Crippen LogP contribution in [-0.2, 0) is 14.3 Å². The lowest BCUT2D eigenvalue weighted by atomic mass is 9.86. The van der Waals surface area contributed by atoms with Gasteiger partial charge in [0.15, 0.2) is 5.78 Å². The summed E-state index contributed by atoms with van der Waals surface area (Å²) in [5, 5.41) is 2.83. The van der Waals surface area contributed by atoms with E-state index >= 15 is 0 Å².